The van der Waals surface area contributed by atoms with Crippen LogP contribution in [0.1, 0.15) is 17.3 Å². The van der Waals surface area contributed by atoms with Crippen LogP contribution in [0.15, 0.2) is 24.3 Å². The zero-order valence-electron chi connectivity index (χ0n) is 10.1. The maximum Gasteiger partial charge on any atom is 0.338 e. The quantitative estimate of drug-likeness (QED) is 0.764. The third kappa shape index (κ3) is 4.25. The summed E-state index contributed by atoms with van der Waals surface area (Å²) in [5.74, 6) is -1.16. The van der Waals surface area contributed by atoms with Crippen molar-refractivity contribution in [2.45, 2.75) is 6.92 Å². The molecule has 18 heavy (non-hydrogen) atoms. The van der Waals surface area contributed by atoms with E-state index >= 15 is 0 Å². The third-order valence-corrected chi connectivity index (χ3v) is 2.05. The second kappa shape index (κ2) is 6.39. The van der Waals surface area contributed by atoms with E-state index in [2.05, 4.69) is 10.6 Å². The van der Waals surface area contributed by atoms with Gasteiger partial charge in [0.2, 0.25) is 5.91 Å². The molecule has 96 valence electrons. The number of anilines is 1. The number of benzene rings is 1. The molecule has 0 fully saturated rings. The summed E-state index contributed by atoms with van der Waals surface area (Å²) in [5, 5.41) is 4.91. The van der Waals surface area contributed by atoms with Crippen LogP contribution in [0.4, 0.5) is 5.69 Å². The van der Waals surface area contributed by atoms with Crippen molar-refractivity contribution >= 4 is 23.5 Å². The molecular weight excluding hydrogens is 236 g/mol. The number of rotatable bonds is 4. The molecule has 0 bridgehead atoms. The Morgan fingerprint density at radius 2 is 1.78 bits per heavy atom. The predicted octanol–water partition coefficient (Wildman–Crippen LogP) is 0.548. The molecular formula is C12H14N2O4. The first-order chi connectivity index (χ1) is 8.52. The van der Waals surface area contributed by atoms with Crippen LogP contribution in [0.25, 0.3) is 0 Å². The highest BCUT2D eigenvalue weighted by molar-refractivity contribution is 5.93. The average Bonchev–Trinajstić information content (AvgIpc) is 2.35. The highest BCUT2D eigenvalue weighted by Crippen LogP contribution is 2.10. The van der Waals surface area contributed by atoms with Gasteiger partial charge in [0.15, 0.2) is 6.61 Å². The molecule has 0 unspecified atom stereocenters. The molecule has 0 saturated carbocycles. The van der Waals surface area contributed by atoms with Crippen LogP contribution in [0, 0.1) is 0 Å². The van der Waals surface area contributed by atoms with Crippen molar-refractivity contribution in [1.82, 2.24) is 5.32 Å². The molecule has 0 aliphatic heterocycles. The first-order valence-electron chi connectivity index (χ1n) is 5.28. The number of carbonyl (C=O) groups excluding carboxylic acids is 3. The maximum absolute atomic E-state index is 11.5. The monoisotopic (exact) mass is 250 g/mol. The van der Waals surface area contributed by atoms with Crippen molar-refractivity contribution in [2.75, 3.05) is 19.0 Å². The molecule has 0 aliphatic rings. The number of nitrogens with one attached hydrogen (secondary N) is 2. The molecule has 0 heterocycles. The second-order valence-corrected chi connectivity index (χ2v) is 3.51. The molecule has 0 radical (unpaired) electrons. The van der Waals surface area contributed by atoms with E-state index in [1.807, 2.05) is 0 Å². The summed E-state index contributed by atoms with van der Waals surface area (Å²) >= 11 is 0. The summed E-state index contributed by atoms with van der Waals surface area (Å²) in [6, 6.07) is 6.19. The Hall–Kier alpha value is -2.37. The van der Waals surface area contributed by atoms with Crippen molar-refractivity contribution in [2.24, 2.45) is 0 Å². The van der Waals surface area contributed by atoms with Gasteiger partial charge in [0, 0.05) is 19.7 Å². The number of hydrogen-bond donors (Lipinski definition) is 2. The summed E-state index contributed by atoms with van der Waals surface area (Å²) in [4.78, 5) is 33.2. The van der Waals surface area contributed by atoms with Gasteiger partial charge in [-0.2, -0.15) is 0 Å². The van der Waals surface area contributed by atoms with E-state index in [-0.39, 0.29) is 18.4 Å². The van der Waals surface area contributed by atoms with Crippen LogP contribution < -0.4 is 10.6 Å². The number of amides is 2. The lowest BCUT2D eigenvalue weighted by Gasteiger charge is -2.05. The molecule has 2 N–H and O–H groups in total. The molecule has 0 atom stereocenters. The second-order valence-electron chi connectivity index (χ2n) is 3.51. The molecule has 6 nitrogen and oxygen atoms in total. The Balaban J connectivity index is 2.59. The summed E-state index contributed by atoms with van der Waals surface area (Å²) in [5.41, 5.74) is 0.901. The molecule has 1 rings (SSSR count). The van der Waals surface area contributed by atoms with Crippen molar-refractivity contribution in [3.63, 3.8) is 0 Å². The fraction of sp³-hybridized carbons (Fsp3) is 0.250. The van der Waals surface area contributed by atoms with Crippen molar-refractivity contribution in [1.29, 1.82) is 0 Å². The van der Waals surface area contributed by atoms with Gasteiger partial charge in [0.1, 0.15) is 0 Å². The SMILES string of the molecule is CNC(=O)COC(=O)c1ccc(NC(C)=O)cc1. The normalized spacial score (nSPS) is 9.44. The number of likely N-dealkylation sites (N-methyl/N-ethyl adjacent to an activating group) is 1. The van der Waals surface area contributed by atoms with Crippen molar-refractivity contribution in [3.8, 4) is 0 Å². The Kier molecular flexibility index (Phi) is 4.86. The molecule has 0 aromatic heterocycles. The minimum atomic E-state index is -0.590. The van der Waals surface area contributed by atoms with E-state index in [0.29, 0.717) is 11.3 Å². The largest absolute Gasteiger partial charge is 0.452 e. The minimum Gasteiger partial charge on any atom is -0.452 e. The van der Waals surface area contributed by atoms with E-state index < -0.39 is 5.97 Å². The topological polar surface area (TPSA) is 84.5 Å². The first kappa shape index (κ1) is 13.7. The van der Waals surface area contributed by atoms with E-state index in [9.17, 15) is 14.4 Å². The Morgan fingerprint density at radius 3 is 2.28 bits per heavy atom. The lowest BCUT2D eigenvalue weighted by Crippen LogP contribution is -2.25. The van der Waals surface area contributed by atoms with Gasteiger partial charge in [-0.15, -0.1) is 0 Å². The lowest BCUT2D eigenvalue weighted by molar-refractivity contribution is -0.123. The number of hydrogen-bond acceptors (Lipinski definition) is 4. The Morgan fingerprint density at radius 1 is 1.17 bits per heavy atom. The van der Waals surface area contributed by atoms with Gasteiger partial charge in [-0.3, -0.25) is 9.59 Å². The molecule has 6 heteroatoms. The van der Waals surface area contributed by atoms with Gasteiger partial charge in [-0.25, -0.2) is 4.79 Å². The van der Waals surface area contributed by atoms with E-state index in [0.717, 1.165) is 0 Å². The molecule has 0 spiro atoms. The van der Waals surface area contributed by atoms with Crippen molar-refractivity contribution in [3.05, 3.63) is 29.8 Å². The van der Waals surface area contributed by atoms with E-state index in [4.69, 9.17) is 4.74 Å². The summed E-state index contributed by atoms with van der Waals surface area (Å²) in [6.07, 6.45) is 0. The fourth-order valence-corrected chi connectivity index (χ4v) is 1.18. The van der Waals surface area contributed by atoms with Crippen LogP contribution in [0.3, 0.4) is 0 Å². The number of esters is 1. The lowest BCUT2D eigenvalue weighted by atomic mass is 10.2. The molecule has 1 aromatic carbocycles. The first-order valence-corrected chi connectivity index (χ1v) is 5.28. The summed E-state index contributed by atoms with van der Waals surface area (Å²) in [7, 11) is 1.46. The van der Waals surface area contributed by atoms with Crippen LogP contribution in [0.5, 0.6) is 0 Å². The van der Waals surface area contributed by atoms with Crippen LogP contribution in [-0.2, 0) is 14.3 Å². The third-order valence-electron chi connectivity index (χ3n) is 2.05. The zero-order valence-corrected chi connectivity index (χ0v) is 10.1. The average molecular weight is 250 g/mol. The van der Waals surface area contributed by atoms with Crippen LogP contribution in [-0.4, -0.2) is 31.4 Å². The minimum absolute atomic E-state index is 0.190. The van der Waals surface area contributed by atoms with Gasteiger partial charge >= 0.3 is 5.97 Å². The maximum atomic E-state index is 11.5. The van der Waals surface area contributed by atoms with E-state index in [1.54, 1.807) is 12.1 Å². The summed E-state index contributed by atoms with van der Waals surface area (Å²) in [6.45, 7) is 1.08. The van der Waals surface area contributed by atoms with E-state index in [1.165, 1.54) is 26.1 Å². The van der Waals surface area contributed by atoms with Gasteiger partial charge in [-0.05, 0) is 24.3 Å². The standard InChI is InChI=1S/C12H14N2O4/c1-8(15)14-10-5-3-9(4-6-10)12(17)18-7-11(16)13-2/h3-6H,7H2,1-2H3,(H,13,16)(H,14,15). The molecule has 1 aromatic rings. The van der Waals surface area contributed by atoms with Gasteiger partial charge in [-0.1, -0.05) is 0 Å². The van der Waals surface area contributed by atoms with Crippen molar-refractivity contribution < 1.29 is 19.1 Å². The number of ether oxygens (including phenoxy) is 1. The molecule has 0 aliphatic carbocycles. The summed E-state index contributed by atoms with van der Waals surface area (Å²) < 4.78 is 4.76. The zero-order chi connectivity index (χ0) is 13.5. The molecule has 0 saturated heterocycles. The van der Waals surface area contributed by atoms with Crippen LogP contribution in [0.2, 0.25) is 0 Å². The predicted molar refractivity (Wildman–Crippen MR) is 65.1 cm³/mol. The molecule has 2 amide bonds. The fourth-order valence-electron chi connectivity index (χ4n) is 1.18. The smallest absolute Gasteiger partial charge is 0.338 e. The van der Waals surface area contributed by atoms with Gasteiger partial charge in [0.25, 0.3) is 5.91 Å². The Bertz CT molecular complexity index is 454. The highest BCUT2D eigenvalue weighted by atomic mass is 16.5. The van der Waals surface area contributed by atoms with Gasteiger partial charge < -0.3 is 15.4 Å². The van der Waals surface area contributed by atoms with Gasteiger partial charge in [0.05, 0.1) is 5.56 Å². The highest BCUT2D eigenvalue weighted by Gasteiger charge is 2.09. The Labute approximate surface area is 104 Å². The van der Waals surface area contributed by atoms with Crippen LogP contribution >= 0.6 is 0 Å². The number of carbonyl (C=O) groups is 3.